The Bertz CT molecular complexity index is 658. The lowest BCUT2D eigenvalue weighted by atomic mass is 9.77. The Morgan fingerprint density at radius 2 is 1.91 bits per heavy atom. The molecule has 1 aromatic rings. The first kappa shape index (κ1) is 16.5. The number of methoxy groups -OCH3 is 1. The first-order chi connectivity index (χ1) is 11.0. The number of nitrogens with one attached hydrogen (secondary N) is 1. The van der Waals surface area contributed by atoms with Crippen molar-refractivity contribution < 1.29 is 17.9 Å². The van der Waals surface area contributed by atoms with E-state index in [0.29, 0.717) is 24.8 Å². The summed E-state index contributed by atoms with van der Waals surface area (Å²) in [6.45, 7) is 0.360. The lowest BCUT2D eigenvalue weighted by Gasteiger charge is -2.29. The van der Waals surface area contributed by atoms with E-state index in [1.165, 1.54) is 7.11 Å². The molecule has 5 nitrogen and oxygen atoms in total. The largest absolute Gasteiger partial charge is 0.469 e. The van der Waals surface area contributed by atoms with E-state index in [0.717, 1.165) is 19.3 Å². The molecule has 4 unspecified atom stereocenters. The molecule has 0 saturated heterocycles. The van der Waals surface area contributed by atoms with E-state index in [9.17, 15) is 13.2 Å². The van der Waals surface area contributed by atoms with Gasteiger partial charge in [0.2, 0.25) is 10.0 Å². The molecule has 1 aromatic carbocycles. The monoisotopic (exact) mass is 337 g/mol. The molecule has 3 rings (SSSR count). The smallest absolute Gasteiger partial charge is 0.309 e. The molecule has 2 aliphatic carbocycles. The van der Waals surface area contributed by atoms with Crippen molar-refractivity contribution in [2.75, 3.05) is 13.7 Å². The molecule has 0 amide bonds. The molecule has 0 aromatic heterocycles. The first-order valence-corrected chi connectivity index (χ1v) is 9.64. The van der Waals surface area contributed by atoms with Gasteiger partial charge in [0.05, 0.1) is 17.9 Å². The number of ether oxygens (including phenoxy) is 1. The zero-order valence-electron chi connectivity index (χ0n) is 13.3. The van der Waals surface area contributed by atoms with Gasteiger partial charge in [-0.25, -0.2) is 13.1 Å². The Balaban J connectivity index is 1.61. The second-order valence-corrected chi connectivity index (χ2v) is 8.31. The van der Waals surface area contributed by atoms with Crippen LogP contribution in [-0.2, 0) is 19.6 Å². The lowest BCUT2D eigenvalue weighted by molar-refractivity contribution is -0.149. The molecule has 2 bridgehead atoms. The Hall–Kier alpha value is -1.40. The highest BCUT2D eigenvalue weighted by atomic mass is 32.2. The summed E-state index contributed by atoms with van der Waals surface area (Å²) in [5.74, 6) is 1.00. The van der Waals surface area contributed by atoms with E-state index in [-0.39, 0.29) is 22.7 Å². The van der Waals surface area contributed by atoms with Gasteiger partial charge < -0.3 is 4.74 Å². The lowest BCUT2D eigenvalue weighted by Crippen LogP contribution is -2.34. The molecule has 0 aliphatic heterocycles. The van der Waals surface area contributed by atoms with Crippen LogP contribution in [0.2, 0.25) is 0 Å². The summed E-state index contributed by atoms with van der Waals surface area (Å²) in [7, 11) is -2.04. The third kappa shape index (κ3) is 3.28. The Morgan fingerprint density at radius 1 is 1.22 bits per heavy atom. The summed E-state index contributed by atoms with van der Waals surface area (Å²) in [6, 6.07) is 8.36. The van der Waals surface area contributed by atoms with Crippen LogP contribution in [0, 0.1) is 23.7 Å². The quantitative estimate of drug-likeness (QED) is 0.808. The van der Waals surface area contributed by atoms with Crippen LogP contribution < -0.4 is 4.72 Å². The van der Waals surface area contributed by atoms with Crippen LogP contribution in [0.15, 0.2) is 35.2 Å². The van der Waals surface area contributed by atoms with Gasteiger partial charge in [-0.1, -0.05) is 18.2 Å². The second-order valence-electron chi connectivity index (χ2n) is 6.55. The van der Waals surface area contributed by atoms with Crippen molar-refractivity contribution in [1.29, 1.82) is 0 Å². The zero-order chi connectivity index (χ0) is 16.4. The average molecular weight is 337 g/mol. The van der Waals surface area contributed by atoms with E-state index in [1.54, 1.807) is 30.3 Å². The number of hydrogen-bond donors (Lipinski definition) is 1. The molecule has 6 heteroatoms. The molecular weight excluding hydrogens is 314 g/mol. The van der Waals surface area contributed by atoms with Gasteiger partial charge in [-0.05, 0) is 55.6 Å². The highest BCUT2D eigenvalue weighted by molar-refractivity contribution is 7.89. The minimum absolute atomic E-state index is 0.0556. The fraction of sp³-hybridized carbons (Fsp3) is 0.588. The van der Waals surface area contributed by atoms with Gasteiger partial charge in [-0.3, -0.25) is 4.79 Å². The van der Waals surface area contributed by atoms with Crippen LogP contribution in [0.5, 0.6) is 0 Å². The summed E-state index contributed by atoms with van der Waals surface area (Å²) in [5.41, 5.74) is 0. The van der Waals surface area contributed by atoms with Crippen LogP contribution in [-0.4, -0.2) is 28.0 Å². The number of carbonyl (C=O) groups is 1. The molecule has 2 saturated carbocycles. The molecular formula is C17H23NO4S. The summed E-state index contributed by atoms with van der Waals surface area (Å²) < 4.78 is 32.1. The number of esters is 1. The van der Waals surface area contributed by atoms with Gasteiger partial charge in [-0.15, -0.1) is 0 Å². The predicted molar refractivity (Wildman–Crippen MR) is 86.1 cm³/mol. The summed E-state index contributed by atoms with van der Waals surface area (Å²) in [6.07, 6.45) is 4.01. The maximum absolute atomic E-state index is 12.2. The van der Waals surface area contributed by atoms with Gasteiger partial charge in [0.15, 0.2) is 0 Å². The number of benzene rings is 1. The Labute approximate surface area is 137 Å². The number of rotatable bonds is 6. The average Bonchev–Trinajstić information content (AvgIpc) is 3.16. The number of carbonyl (C=O) groups excluding carboxylic acids is 1. The third-order valence-electron chi connectivity index (χ3n) is 5.38. The topological polar surface area (TPSA) is 72.5 Å². The third-order valence-corrected chi connectivity index (χ3v) is 6.86. The predicted octanol–water partition coefficient (Wildman–Crippen LogP) is 2.19. The molecule has 1 N–H and O–H groups in total. The van der Waals surface area contributed by atoms with Gasteiger partial charge in [0, 0.05) is 6.54 Å². The fourth-order valence-corrected chi connectivity index (χ4v) is 5.44. The van der Waals surface area contributed by atoms with Crippen molar-refractivity contribution in [1.82, 2.24) is 4.72 Å². The maximum Gasteiger partial charge on any atom is 0.309 e. The van der Waals surface area contributed by atoms with Crippen molar-refractivity contribution in [3.8, 4) is 0 Å². The standard InChI is InChI=1S/C17H23NO4S/c1-22-17(19)16-13-8-7-12(11-13)15(16)9-10-18-23(20,21)14-5-3-2-4-6-14/h2-6,12-13,15-16,18H,7-11H2,1H3. The Morgan fingerprint density at radius 3 is 2.61 bits per heavy atom. The fourth-order valence-electron chi connectivity index (χ4n) is 4.37. The second kappa shape index (κ2) is 6.61. The van der Waals surface area contributed by atoms with Gasteiger partial charge in [0.25, 0.3) is 0 Å². The van der Waals surface area contributed by atoms with Crippen LogP contribution in [0.25, 0.3) is 0 Å². The van der Waals surface area contributed by atoms with E-state index in [2.05, 4.69) is 4.72 Å². The van der Waals surface area contributed by atoms with Gasteiger partial charge in [0.1, 0.15) is 0 Å². The van der Waals surface area contributed by atoms with Crippen LogP contribution in [0.3, 0.4) is 0 Å². The minimum Gasteiger partial charge on any atom is -0.469 e. The zero-order valence-corrected chi connectivity index (χ0v) is 14.1. The maximum atomic E-state index is 12.2. The molecule has 0 spiro atoms. The van der Waals surface area contributed by atoms with Crippen molar-refractivity contribution in [2.24, 2.45) is 23.7 Å². The van der Waals surface area contributed by atoms with Crippen molar-refractivity contribution >= 4 is 16.0 Å². The van der Waals surface area contributed by atoms with Gasteiger partial charge >= 0.3 is 5.97 Å². The molecule has 0 radical (unpaired) electrons. The van der Waals surface area contributed by atoms with Crippen molar-refractivity contribution in [3.63, 3.8) is 0 Å². The summed E-state index contributed by atoms with van der Waals surface area (Å²) in [4.78, 5) is 12.3. The van der Waals surface area contributed by atoms with E-state index >= 15 is 0 Å². The van der Waals surface area contributed by atoms with Crippen LogP contribution >= 0.6 is 0 Å². The Kier molecular flexibility index (Phi) is 4.73. The number of fused-ring (bicyclic) bond motifs is 2. The molecule has 4 atom stereocenters. The highest BCUT2D eigenvalue weighted by Gasteiger charge is 2.50. The van der Waals surface area contributed by atoms with E-state index in [4.69, 9.17) is 4.74 Å². The highest BCUT2D eigenvalue weighted by Crippen LogP contribution is 2.53. The minimum atomic E-state index is -3.47. The number of hydrogen-bond acceptors (Lipinski definition) is 4. The molecule has 126 valence electrons. The first-order valence-electron chi connectivity index (χ1n) is 8.15. The van der Waals surface area contributed by atoms with E-state index < -0.39 is 10.0 Å². The van der Waals surface area contributed by atoms with Crippen LogP contribution in [0.4, 0.5) is 0 Å². The SMILES string of the molecule is COC(=O)C1C2CCC(C2)C1CCNS(=O)(=O)c1ccccc1. The molecule has 23 heavy (non-hydrogen) atoms. The molecule has 0 heterocycles. The molecule has 2 fully saturated rings. The normalized spacial score (nSPS) is 29.6. The van der Waals surface area contributed by atoms with Crippen LogP contribution in [0.1, 0.15) is 25.7 Å². The van der Waals surface area contributed by atoms with Gasteiger partial charge in [-0.2, -0.15) is 0 Å². The summed E-state index contributed by atoms with van der Waals surface area (Å²) >= 11 is 0. The summed E-state index contributed by atoms with van der Waals surface area (Å²) in [5, 5.41) is 0. The number of sulfonamides is 1. The van der Waals surface area contributed by atoms with Crippen molar-refractivity contribution in [2.45, 2.75) is 30.6 Å². The van der Waals surface area contributed by atoms with E-state index in [1.807, 2.05) is 0 Å². The molecule has 2 aliphatic rings. The van der Waals surface area contributed by atoms with Crippen molar-refractivity contribution in [3.05, 3.63) is 30.3 Å².